The summed E-state index contributed by atoms with van der Waals surface area (Å²) in [7, 11) is 0. The monoisotopic (exact) mass is 860 g/mol. The van der Waals surface area contributed by atoms with E-state index >= 15 is 0 Å². The normalized spacial score (nSPS) is 4.29. The molecule has 0 heterocycles. The molecule has 0 atom stereocenters. The van der Waals surface area contributed by atoms with Crippen LogP contribution < -0.4 is 0 Å². The Kier molecular flexibility index (Phi) is 32600. The molecule has 1 N–H and O–H groups in total. The third-order valence-electron chi connectivity index (χ3n) is 0.183. The van der Waals surface area contributed by atoms with Crippen LogP contribution in [0.1, 0.15) is 6.92 Å². The molecule has 0 aliphatic heterocycles. The topological polar surface area (TPSA) is 20.2 Å². The quantitative estimate of drug-likeness (QED) is 0.375. The van der Waals surface area contributed by atoms with Gasteiger partial charge in [0, 0.05) is 0 Å². The van der Waals surface area contributed by atoms with Crippen molar-refractivity contribution in [3.8, 4) is 0 Å². The number of rotatable bonds is 1. The van der Waals surface area contributed by atoms with Gasteiger partial charge in [0.15, 0.2) is 0 Å². The van der Waals surface area contributed by atoms with Crippen LogP contribution in [0, 0.1) is 6.42 Å². The molecule has 0 bridgehead atoms. The van der Waals surface area contributed by atoms with Crippen molar-refractivity contribution in [1.29, 1.82) is 0 Å². The molecular formula is C3H7ORf3-. The van der Waals surface area contributed by atoms with E-state index in [1.165, 1.54) is 0 Å². The number of aliphatic hydroxyl groups excluding tert-OH is 1. The fourth-order valence-corrected chi connectivity index (χ4v) is 0. The molecule has 0 amide bonds. The molecule has 7 heavy (non-hydrogen) atoms. The van der Waals surface area contributed by atoms with Gasteiger partial charge in [-0.1, -0.05) is 6.61 Å². The third-order valence-corrected chi connectivity index (χ3v) is 0.183. The van der Waals surface area contributed by atoms with Gasteiger partial charge in [0.1, 0.15) is 0 Å². The molecule has 0 aromatic rings. The first kappa shape index (κ1) is 21700. The summed E-state index contributed by atoms with van der Waals surface area (Å²) >= 11 is 0. The largest absolute Gasteiger partial charge is 0.428 e. The van der Waals surface area contributed by atoms with Gasteiger partial charge >= 0.3 is 0 Å². The minimum Gasteiger partial charge on any atom is -0.428 e. The van der Waals surface area contributed by atoms with Crippen LogP contribution in [-0.4, -0.2) is 11.7 Å². The minimum absolute atomic E-state index is 0. The fraction of sp³-hybridized carbons (Fsp3) is 0.667. The van der Waals surface area contributed by atoms with Crippen LogP contribution in [0.2, 0.25) is 0 Å². The van der Waals surface area contributed by atoms with E-state index in [9.17, 15) is 0 Å². The summed E-state index contributed by atoms with van der Waals surface area (Å²) in [6.07, 6.45) is 1.68. The van der Waals surface area contributed by atoms with E-state index < -0.39 is 0 Å². The molecule has 0 fully saturated rings. The molecule has 1 nitrogen and oxygen atoms in total. The molecule has 0 aliphatic rings. The third kappa shape index (κ3) is 0.656. The second kappa shape index (κ2) is 10.5. The molecule has 0 saturated carbocycles. The zero-order valence-corrected chi connectivity index (χ0v) is 24.1. The van der Waals surface area contributed by atoms with E-state index in [1.807, 2.05) is 0 Å². The Balaban J connectivity index is -0.0000000150. The van der Waals surface area contributed by atoms with Crippen LogP contribution >= 0.6 is 0 Å². The SMILES string of the molecule is C[CH-]CO.[Rf].[Rf].[Rf]. The van der Waals surface area contributed by atoms with E-state index in [2.05, 4.69) is 0 Å². The second-order valence-corrected chi connectivity index (χ2v) is 0.591. The maximum atomic E-state index is 7.82. The molecule has 4 heteroatoms. The molecule has 0 aromatic heterocycles. The molecule has 0 spiro atoms. The zero-order valence-electron chi connectivity index (χ0n) is 4.85. The van der Waals surface area contributed by atoms with Crippen LogP contribution in [0.15, 0.2) is 0 Å². The van der Waals surface area contributed by atoms with E-state index in [1.54, 1.807) is 13.3 Å². The summed E-state index contributed by atoms with van der Waals surface area (Å²) in [4.78, 5) is 0. The summed E-state index contributed by atoms with van der Waals surface area (Å²) in [5.74, 6) is 0. The van der Waals surface area contributed by atoms with Gasteiger partial charge in [0.25, 0.3) is 0 Å². The fourth-order valence-electron chi connectivity index (χ4n) is 0. The number of hydrogen-bond donors (Lipinski definition) is 1. The second-order valence-electron chi connectivity index (χ2n) is 0.591. The Morgan fingerprint density at radius 3 is 1.43 bits per heavy atom. The Labute approximate surface area is 26.3 Å². The van der Waals surface area contributed by atoms with Gasteiger partial charge in [0.2, 0.25) is 0 Å². The van der Waals surface area contributed by atoms with E-state index in [0.717, 1.165) is 0 Å². The molecule has 0 rings (SSSR count). The van der Waals surface area contributed by atoms with E-state index in [0.29, 0.717) is 0 Å². The summed E-state index contributed by atoms with van der Waals surface area (Å²) in [5, 5.41) is 7.82. The molecule has 0 saturated heterocycles. The Morgan fingerprint density at radius 1 is 1.29 bits per heavy atom. The molecule has 0 unspecified atom stereocenters. The number of aliphatic hydroxyl groups is 1. The Hall–Kier alpha value is -3.04. The zero-order chi connectivity index (χ0) is 3.41. The summed E-state index contributed by atoms with van der Waals surface area (Å²) in [6.45, 7) is 2.00. The van der Waals surface area contributed by atoms with Crippen molar-refractivity contribution < 1.29 is 5.11 Å². The van der Waals surface area contributed by atoms with Crippen LogP contribution in [0.5, 0.6) is 0 Å². The van der Waals surface area contributed by atoms with E-state index in [4.69, 9.17) is 5.11 Å². The van der Waals surface area contributed by atoms with Gasteiger partial charge in [-0.25, -0.2) is 0 Å². The van der Waals surface area contributed by atoms with Crippen LogP contribution in [0.4, 0.5) is 0 Å². The number of hydrogen-bond acceptors (Lipinski definition) is 1. The molecule has 32 valence electrons. The molecular weight excluding hydrogens is 853 g/mol. The van der Waals surface area contributed by atoms with Crippen molar-refractivity contribution in [3.63, 3.8) is 0 Å². The van der Waals surface area contributed by atoms with Crippen molar-refractivity contribution in [1.82, 2.24) is 0 Å². The van der Waals surface area contributed by atoms with Gasteiger partial charge in [0.05, 0.1) is 0 Å². The molecule has 0 radical (unpaired) electrons. The summed E-state index contributed by atoms with van der Waals surface area (Å²) in [5.41, 5.74) is 0. The average molecular weight is 860 g/mol. The maximum Gasteiger partial charge on any atom is 0 e. The van der Waals surface area contributed by atoms with Crippen LogP contribution in [-0.2, 0) is 0 Å². The van der Waals surface area contributed by atoms with Crippen molar-refractivity contribution in [2.45, 2.75) is 6.92 Å². The first-order chi connectivity index (χ1) is 1.91. The molecule has 0 aliphatic carbocycles. The predicted molar refractivity (Wildman–Crippen MR) is 17.1 cm³/mol. The standard InChI is InChI=1S/C3H7O.3Rf/c1-2-3-4;;;/h2,4H,3H2,1H3;;;/q-1;;;. The maximum absolute atomic E-state index is 7.82. The van der Waals surface area contributed by atoms with Crippen molar-refractivity contribution in [3.05, 3.63) is 6.42 Å². The van der Waals surface area contributed by atoms with Gasteiger partial charge in [-0.2, -0.15) is 6.92 Å². The minimum atomic E-state index is 0. The van der Waals surface area contributed by atoms with E-state index in [-0.39, 0.29) is 6.61 Å². The summed E-state index contributed by atoms with van der Waals surface area (Å²) in [6, 6.07) is 0. The van der Waals surface area contributed by atoms with Gasteiger partial charge in [-0.05, 0) is 0 Å². The Morgan fingerprint density at radius 2 is 1.43 bits per heavy atom. The smallest absolute Gasteiger partial charge is 0 e. The predicted octanol–water partition coefficient (Wildman–Crippen LogP) is 0.203. The first-order valence-corrected chi connectivity index (χ1v) is 1.30. The summed E-state index contributed by atoms with van der Waals surface area (Å²) < 4.78 is 0. The van der Waals surface area contributed by atoms with Crippen LogP contribution in [0.3, 0.4) is 0 Å². The van der Waals surface area contributed by atoms with Crippen molar-refractivity contribution >= 4 is 0 Å². The van der Waals surface area contributed by atoms with Crippen molar-refractivity contribution in [2.24, 2.45) is 0 Å². The average Bonchev–Trinajstić information content (AvgIpc) is 1.37. The van der Waals surface area contributed by atoms with Gasteiger partial charge in [-0.3, -0.25) is 0 Å². The first-order valence-electron chi connectivity index (χ1n) is 1.30. The van der Waals surface area contributed by atoms with Crippen molar-refractivity contribution in [2.75, 3.05) is 6.61 Å². The van der Waals surface area contributed by atoms with Gasteiger partial charge in [-0.15, -0.1) is 0 Å². The van der Waals surface area contributed by atoms with Crippen LogP contribution in [0.25, 0.3) is 0 Å². The molecule has 0 aromatic carbocycles. The Bertz CT molecular complexity index is 12.1. The van der Waals surface area contributed by atoms with Gasteiger partial charge < -0.3 is 11.5 Å².